The maximum absolute atomic E-state index is 11.5. The van der Waals surface area contributed by atoms with Crippen LogP contribution in [-0.2, 0) is 0 Å². The largest absolute Gasteiger partial charge is 0.453 e. The second kappa shape index (κ2) is 6.24. The minimum atomic E-state index is -4.21. The van der Waals surface area contributed by atoms with Crippen LogP contribution in [0.5, 0.6) is 0 Å². The Morgan fingerprint density at radius 1 is 1.25 bits per heavy atom. The molecule has 70 valence electrons. The molecule has 0 saturated heterocycles. The summed E-state index contributed by atoms with van der Waals surface area (Å²) in [5.74, 6) is 2.47. The van der Waals surface area contributed by atoms with Crippen molar-refractivity contribution in [3.63, 3.8) is 0 Å². The van der Waals surface area contributed by atoms with E-state index in [1.807, 2.05) is 12.2 Å². The standard InChI is InChI=1S/C8H11F3S/c1-2-3-4-5-6-7-12-8(9,10)11/h2-5H2,1H3. The van der Waals surface area contributed by atoms with Gasteiger partial charge in [-0.15, -0.1) is 0 Å². The fraction of sp³-hybridized carbons (Fsp3) is 0.750. The summed E-state index contributed by atoms with van der Waals surface area (Å²) >= 11 is -0.270. The van der Waals surface area contributed by atoms with Crippen LogP contribution in [0.4, 0.5) is 13.2 Å². The van der Waals surface area contributed by atoms with Gasteiger partial charge in [0.1, 0.15) is 0 Å². The topological polar surface area (TPSA) is 0 Å². The number of alkyl halides is 3. The molecule has 0 heterocycles. The van der Waals surface area contributed by atoms with Gasteiger partial charge in [0.15, 0.2) is 0 Å². The van der Waals surface area contributed by atoms with Crippen LogP contribution in [-0.4, -0.2) is 5.51 Å². The number of rotatable bonds is 3. The molecule has 0 spiro atoms. The monoisotopic (exact) mass is 196 g/mol. The predicted octanol–water partition coefficient (Wildman–Crippen LogP) is 3.78. The van der Waals surface area contributed by atoms with Crippen LogP contribution in [0.1, 0.15) is 32.6 Å². The van der Waals surface area contributed by atoms with Crippen molar-refractivity contribution in [2.75, 3.05) is 0 Å². The average molecular weight is 196 g/mol. The van der Waals surface area contributed by atoms with Gasteiger partial charge in [-0.1, -0.05) is 25.7 Å². The fourth-order valence-corrected chi connectivity index (χ4v) is 0.898. The van der Waals surface area contributed by atoms with Crippen molar-refractivity contribution in [3.8, 4) is 11.2 Å². The number of halogens is 3. The summed E-state index contributed by atoms with van der Waals surface area (Å²) in [6.45, 7) is 2.04. The van der Waals surface area contributed by atoms with Crippen LogP contribution in [0, 0.1) is 11.2 Å². The summed E-state index contributed by atoms with van der Waals surface area (Å²) in [4.78, 5) is 0. The van der Waals surface area contributed by atoms with Crippen LogP contribution < -0.4 is 0 Å². The van der Waals surface area contributed by atoms with Gasteiger partial charge in [0.25, 0.3) is 0 Å². The van der Waals surface area contributed by atoms with Gasteiger partial charge in [0.2, 0.25) is 0 Å². The lowest BCUT2D eigenvalue weighted by molar-refractivity contribution is -0.0318. The minimum Gasteiger partial charge on any atom is -0.160 e. The molecule has 0 saturated carbocycles. The van der Waals surface area contributed by atoms with Crippen molar-refractivity contribution in [2.24, 2.45) is 0 Å². The van der Waals surface area contributed by atoms with Crippen molar-refractivity contribution in [1.82, 2.24) is 0 Å². The highest BCUT2D eigenvalue weighted by Gasteiger charge is 2.27. The number of unbranched alkanes of at least 4 members (excludes halogenated alkanes) is 3. The van der Waals surface area contributed by atoms with Crippen molar-refractivity contribution in [3.05, 3.63) is 0 Å². The summed E-state index contributed by atoms with van der Waals surface area (Å²) in [7, 11) is 0. The highest BCUT2D eigenvalue weighted by Crippen LogP contribution is 2.28. The Hall–Kier alpha value is -0.300. The van der Waals surface area contributed by atoms with E-state index in [9.17, 15) is 13.2 Å². The molecular weight excluding hydrogens is 185 g/mol. The molecule has 0 aromatic rings. The second-order valence-corrected chi connectivity index (χ2v) is 3.15. The average Bonchev–Trinajstić information content (AvgIpc) is 1.94. The summed E-state index contributed by atoms with van der Waals surface area (Å²) < 4.78 is 34.5. The maximum atomic E-state index is 11.5. The molecule has 12 heavy (non-hydrogen) atoms. The molecule has 0 atom stereocenters. The molecule has 0 aromatic carbocycles. The number of hydrogen-bond donors (Lipinski definition) is 0. The predicted molar refractivity (Wildman–Crippen MR) is 45.6 cm³/mol. The normalized spacial score (nSPS) is 10.7. The van der Waals surface area contributed by atoms with E-state index in [-0.39, 0.29) is 11.8 Å². The molecule has 0 aliphatic carbocycles. The van der Waals surface area contributed by atoms with Gasteiger partial charge in [-0.3, -0.25) is 0 Å². The molecule has 0 bridgehead atoms. The molecule has 0 fully saturated rings. The van der Waals surface area contributed by atoms with E-state index >= 15 is 0 Å². The fourth-order valence-electron chi connectivity index (χ4n) is 0.608. The van der Waals surface area contributed by atoms with Gasteiger partial charge >= 0.3 is 5.51 Å². The van der Waals surface area contributed by atoms with Crippen molar-refractivity contribution >= 4 is 11.8 Å². The molecule has 0 N–H and O–H groups in total. The Morgan fingerprint density at radius 3 is 2.42 bits per heavy atom. The van der Waals surface area contributed by atoms with Crippen LogP contribution in [0.3, 0.4) is 0 Å². The van der Waals surface area contributed by atoms with E-state index < -0.39 is 5.51 Å². The van der Waals surface area contributed by atoms with E-state index in [0.29, 0.717) is 6.42 Å². The third kappa shape index (κ3) is 9.70. The summed E-state index contributed by atoms with van der Waals surface area (Å²) in [5.41, 5.74) is -4.21. The Labute approximate surface area is 74.9 Å². The lowest BCUT2D eigenvalue weighted by atomic mass is 10.2. The quantitative estimate of drug-likeness (QED) is 0.489. The molecule has 0 aromatic heterocycles. The number of thioether (sulfide) groups is 1. The molecule has 0 radical (unpaired) electrons. The molecular formula is C8H11F3S. The highest BCUT2D eigenvalue weighted by molar-refractivity contribution is 8.04. The van der Waals surface area contributed by atoms with Crippen LogP contribution in [0.15, 0.2) is 0 Å². The van der Waals surface area contributed by atoms with Crippen molar-refractivity contribution in [1.29, 1.82) is 0 Å². The zero-order valence-corrected chi connectivity index (χ0v) is 7.69. The van der Waals surface area contributed by atoms with E-state index in [4.69, 9.17) is 0 Å². The molecule has 4 heteroatoms. The maximum Gasteiger partial charge on any atom is 0.453 e. The molecule has 0 rings (SSSR count). The van der Waals surface area contributed by atoms with Gasteiger partial charge < -0.3 is 0 Å². The smallest absolute Gasteiger partial charge is 0.160 e. The summed E-state index contributed by atoms with van der Waals surface area (Å²) in [6.07, 6.45) is 3.55. The number of hydrogen-bond acceptors (Lipinski definition) is 1. The van der Waals surface area contributed by atoms with Crippen LogP contribution in [0.25, 0.3) is 0 Å². The van der Waals surface area contributed by atoms with E-state index in [1.54, 1.807) is 0 Å². The first-order chi connectivity index (χ1) is 5.56. The Bertz CT molecular complexity index is 163. The Balaban J connectivity index is 3.35. The van der Waals surface area contributed by atoms with Gasteiger partial charge in [-0.2, -0.15) is 13.2 Å². The minimum absolute atomic E-state index is 0.270. The molecule has 0 amide bonds. The molecule has 0 aliphatic rings. The zero-order chi connectivity index (χ0) is 9.45. The van der Waals surface area contributed by atoms with Crippen molar-refractivity contribution < 1.29 is 13.2 Å². The van der Waals surface area contributed by atoms with Gasteiger partial charge in [0.05, 0.1) is 0 Å². The Kier molecular flexibility index (Phi) is 6.09. The Morgan fingerprint density at radius 2 is 1.92 bits per heavy atom. The highest BCUT2D eigenvalue weighted by atomic mass is 32.2. The first-order valence-electron chi connectivity index (χ1n) is 3.79. The third-order valence-electron chi connectivity index (χ3n) is 1.14. The zero-order valence-electron chi connectivity index (χ0n) is 6.87. The van der Waals surface area contributed by atoms with E-state index in [1.165, 1.54) is 0 Å². The van der Waals surface area contributed by atoms with Crippen LogP contribution >= 0.6 is 11.8 Å². The van der Waals surface area contributed by atoms with Gasteiger partial charge in [0, 0.05) is 18.2 Å². The SMILES string of the molecule is CCCCCC#CSC(F)(F)F. The third-order valence-corrected chi connectivity index (χ3v) is 1.62. The first-order valence-corrected chi connectivity index (χ1v) is 4.60. The molecule has 0 nitrogen and oxygen atoms in total. The van der Waals surface area contributed by atoms with Crippen molar-refractivity contribution in [2.45, 2.75) is 38.1 Å². The molecule has 0 unspecified atom stereocenters. The lowest BCUT2D eigenvalue weighted by Crippen LogP contribution is -1.96. The lowest BCUT2D eigenvalue weighted by Gasteiger charge is -1.95. The second-order valence-electron chi connectivity index (χ2n) is 2.28. The first kappa shape index (κ1) is 11.7. The molecule has 0 aliphatic heterocycles. The summed E-state index contributed by atoms with van der Waals surface area (Å²) in [6, 6.07) is 0. The van der Waals surface area contributed by atoms with E-state index in [2.05, 4.69) is 5.92 Å². The van der Waals surface area contributed by atoms with Gasteiger partial charge in [-0.05, 0) is 11.7 Å². The van der Waals surface area contributed by atoms with Crippen LogP contribution in [0.2, 0.25) is 0 Å². The summed E-state index contributed by atoms with van der Waals surface area (Å²) in [5, 5.41) is 2.03. The van der Waals surface area contributed by atoms with Gasteiger partial charge in [-0.25, -0.2) is 0 Å². The van der Waals surface area contributed by atoms with E-state index in [0.717, 1.165) is 19.3 Å².